The van der Waals surface area contributed by atoms with E-state index in [1.165, 1.54) is 0 Å². The summed E-state index contributed by atoms with van der Waals surface area (Å²) in [7, 11) is 2.09. The third-order valence-electron chi connectivity index (χ3n) is 2.74. The summed E-state index contributed by atoms with van der Waals surface area (Å²) in [6, 6.07) is 4.13. The highest BCUT2D eigenvalue weighted by atomic mass is 32.1. The second-order valence-corrected chi connectivity index (χ2v) is 5.33. The number of hydrogen-bond donors (Lipinski definition) is 1. The molecule has 0 spiro atoms. The Morgan fingerprint density at radius 2 is 2.11 bits per heavy atom. The van der Waals surface area contributed by atoms with Crippen LogP contribution in [0.3, 0.4) is 0 Å². The number of aromatic nitrogens is 2. The number of anilines is 1. The van der Waals surface area contributed by atoms with Gasteiger partial charge in [-0.15, -0.1) is 11.3 Å². The standard InChI is InChI=1S/C14H20N4S/c1-3-5-15-12-4-6-16-13(7-12)8-18(2)9-14-10-19-11-17-14/h4,6-7,10-11H,3,5,8-9H2,1-2H3,(H,15,16). The van der Waals surface area contributed by atoms with Crippen molar-refractivity contribution in [1.29, 1.82) is 0 Å². The molecule has 102 valence electrons. The molecule has 0 saturated heterocycles. The lowest BCUT2D eigenvalue weighted by atomic mass is 10.3. The van der Waals surface area contributed by atoms with Gasteiger partial charge in [-0.2, -0.15) is 0 Å². The highest BCUT2D eigenvalue weighted by Gasteiger charge is 2.04. The quantitative estimate of drug-likeness (QED) is 0.844. The third kappa shape index (κ3) is 4.61. The minimum atomic E-state index is 0.833. The normalized spacial score (nSPS) is 10.9. The molecule has 0 aliphatic heterocycles. The van der Waals surface area contributed by atoms with E-state index >= 15 is 0 Å². The highest BCUT2D eigenvalue weighted by Crippen LogP contribution is 2.11. The summed E-state index contributed by atoms with van der Waals surface area (Å²) in [6.07, 6.45) is 2.99. The van der Waals surface area contributed by atoms with Gasteiger partial charge in [-0.05, 0) is 25.6 Å². The fourth-order valence-corrected chi connectivity index (χ4v) is 2.42. The summed E-state index contributed by atoms with van der Waals surface area (Å²) < 4.78 is 0. The van der Waals surface area contributed by atoms with Gasteiger partial charge in [0.1, 0.15) is 0 Å². The Bertz CT molecular complexity index is 484. The van der Waals surface area contributed by atoms with Crippen LogP contribution in [0, 0.1) is 0 Å². The van der Waals surface area contributed by atoms with Crippen LogP contribution in [0.5, 0.6) is 0 Å². The fraction of sp³-hybridized carbons (Fsp3) is 0.429. The highest BCUT2D eigenvalue weighted by molar-refractivity contribution is 7.07. The van der Waals surface area contributed by atoms with Crippen molar-refractivity contribution in [3.05, 3.63) is 40.6 Å². The van der Waals surface area contributed by atoms with E-state index in [4.69, 9.17) is 0 Å². The maximum Gasteiger partial charge on any atom is 0.0795 e. The van der Waals surface area contributed by atoms with Crippen molar-refractivity contribution in [3.63, 3.8) is 0 Å². The number of rotatable bonds is 7. The summed E-state index contributed by atoms with van der Waals surface area (Å²) in [5, 5.41) is 5.47. The van der Waals surface area contributed by atoms with Crippen molar-refractivity contribution < 1.29 is 0 Å². The van der Waals surface area contributed by atoms with Crippen LogP contribution >= 0.6 is 11.3 Å². The van der Waals surface area contributed by atoms with E-state index in [0.717, 1.165) is 43.1 Å². The first kappa shape index (κ1) is 14.0. The monoisotopic (exact) mass is 276 g/mol. The molecule has 2 aromatic rings. The maximum atomic E-state index is 4.42. The lowest BCUT2D eigenvalue weighted by molar-refractivity contribution is 0.312. The van der Waals surface area contributed by atoms with Gasteiger partial charge in [0.15, 0.2) is 0 Å². The number of nitrogens with zero attached hydrogens (tertiary/aromatic N) is 3. The zero-order chi connectivity index (χ0) is 13.5. The van der Waals surface area contributed by atoms with Crippen LogP contribution in [0.2, 0.25) is 0 Å². The minimum absolute atomic E-state index is 0.833. The average Bonchev–Trinajstić information content (AvgIpc) is 2.89. The predicted octanol–water partition coefficient (Wildman–Crippen LogP) is 2.99. The molecule has 5 heteroatoms. The Kier molecular flexibility index (Phi) is 5.30. The lowest BCUT2D eigenvalue weighted by Crippen LogP contribution is -2.18. The largest absolute Gasteiger partial charge is 0.385 e. The van der Waals surface area contributed by atoms with E-state index in [1.54, 1.807) is 11.3 Å². The van der Waals surface area contributed by atoms with Gasteiger partial charge in [0.2, 0.25) is 0 Å². The van der Waals surface area contributed by atoms with Crippen LogP contribution in [0.15, 0.2) is 29.2 Å². The molecule has 2 rings (SSSR count). The predicted molar refractivity (Wildman–Crippen MR) is 80.3 cm³/mol. The molecule has 19 heavy (non-hydrogen) atoms. The van der Waals surface area contributed by atoms with Crippen LogP contribution in [-0.2, 0) is 13.1 Å². The second kappa shape index (κ2) is 7.21. The number of hydrogen-bond acceptors (Lipinski definition) is 5. The molecule has 0 radical (unpaired) electrons. The minimum Gasteiger partial charge on any atom is -0.385 e. The molecular weight excluding hydrogens is 256 g/mol. The van der Waals surface area contributed by atoms with E-state index in [9.17, 15) is 0 Å². The van der Waals surface area contributed by atoms with Gasteiger partial charge in [-0.25, -0.2) is 4.98 Å². The molecule has 2 aromatic heterocycles. The smallest absolute Gasteiger partial charge is 0.0795 e. The molecule has 4 nitrogen and oxygen atoms in total. The molecular formula is C14H20N4S. The number of thiazole rings is 1. The Morgan fingerprint density at radius 1 is 1.26 bits per heavy atom. The van der Waals surface area contributed by atoms with Gasteiger partial charge in [0.25, 0.3) is 0 Å². The molecule has 0 aliphatic rings. The fourth-order valence-electron chi connectivity index (χ4n) is 1.87. The molecule has 1 N–H and O–H groups in total. The summed E-state index contributed by atoms with van der Waals surface area (Å²) in [6.45, 7) is 4.85. The van der Waals surface area contributed by atoms with Gasteiger partial charge in [-0.3, -0.25) is 9.88 Å². The van der Waals surface area contributed by atoms with Crippen LogP contribution < -0.4 is 5.32 Å². The van der Waals surface area contributed by atoms with Crippen molar-refractivity contribution in [2.45, 2.75) is 26.4 Å². The molecule has 0 bridgehead atoms. The van der Waals surface area contributed by atoms with Crippen molar-refractivity contribution in [3.8, 4) is 0 Å². The van der Waals surface area contributed by atoms with E-state index in [2.05, 4.69) is 45.6 Å². The van der Waals surface area contributed by atoms with Crippen molar-refractivity contribution >= 4 is 17.0 Å². The lowest BCUT2D eigenvalue weighted by Gasteiger charge is -2.15. The van der Waals surface area contributed by atoms with E-state index in [0.29, 0.717) is 0 Å². The third-order valence-corrected chi connectivity index (χ3v) is 3.38. The maximum absolute atomic E-state index is 4.42. The molecule has 0 atom stereocenters. The molecule has 0 aliphatic carbocycles. The summed E-state index contributed by atoms with van der Waals surface area (Å²) >= 11 is 1.64. The molecule has 0 fully saturated rings. The molecule has 2 heterocycles. The Labute approximate surface area is 118 Å². The molecule has 0 amide bonds. The van der Waals surface area contributed by atoms with Crippen molar-refractivity contribution in [1.82, 2.24) is 14.9 Å². The van der Waals surface area contributed by atoms with Crippen LogP contribution in [0.25, 0.3) is 0 Å². The van der Waals surface area contributed by atoms with Crippen molar-refractivity contribution in [2.24, 2.45) is 0 Å². The number of pyridine rings is 1. The van der Waals surface area contributed by atoms with E-state index < -0.39 is 0 Å². The van der Waals surface area contributed by atoms with Crippen molar-refractivity contribution in [2.75, 3.05) is 18.9 Å². The Balaban J connectivity index is 1.90. The summed E-state index contributed by atoms with van der Waals surface area (Å²) in [5.41, 5.74) is 5.22. The van der Waals surface area contributed by atoms with Crippen LogP contribution in [-0.4, -0.2) is 28.5 Å². The first-order valence-corrected chi connectivity index (χ1v) is 7.46. The molecule has 0 saturated carbocycles. The van der Waals surface area contributed by atoms with Gasteiger partial charge < -0.3 is 5.32 Å². The molecule has 0 unspecified atom stereocenters. The average molecular weight is 276 g/mol. The summed E-state index contributed by atoms with van der Waals surface area (Å²) in [5.74, 6) is 0. The van der Waals surface area contributed by atoms with Crippen LogP contribution in [0.4, 0.5) is 5.69 Å². The molecule has 0 aromatic carbocycles. The summed E-state index contributed by atoms with van der Waals surface area (Å²) in [4.78, 5) is 10.9. The van der Waals surface area contributed by atoms with Gasteiger partial charge >= 0.3 is 0 Å². The first-order valence-electron chi connectivity index (χ1n) is 6.52. The topological polar surface area (TPSA) is 41.1 Å². The van der Waals surface area contributed by atoms with Crippen LogP contribution in [0.1, 0.15) is 24.7 Å². The number of nitrogens with one attached hydrogen (secondary N) is 1. The SMILES string of the molecule is CCCNc1ccnc(CN(C)Cc2cscn2)c1. The van der Waals surface area contributed by atoms with Gasteiger partial charge in [0, 0.05) is 36.9 Å². The second-order valence-electron chi connectivity index (χ2n) is 4.61. The first-order chi connectivity index (χ1) is 9.28. The van der Waals surface area contributed by atoms with Gasteiger partial charge in [0.05, 0.1) is 16.9 Å². The zero-order valence-electron chi connectivity index (χ0n) is 11.5. The van der Waals surface area contributed by atoms with Gasteiger partial charge in [-0.1, -0.05) is 6.92 Å². The van der Waals surface area contributed by atoms with E-state index in [-0.39, 0.29) is 0 Å². The zero-order valence-corrected chi connectivity index (χ0v) is 12.3. The Hall–Kier alpha value is -1.46. The van der Waals surface area contributed by atoms with E-state index in [1.807, 2.05) is 17.8 Å². The Morgan fingerprint density at radius 3 is 2.84 bits per heavy atom.